The highest BCUT2D eigenvalue weighted by molar-refractivity contribution is 5.94. The van der Waals surface area contributed by atoms with E-state index in [1.54, 1.807) is 24.3 Å². The van der Waals surface area contributed by atoms with Crippen molar-refractivity contribution < 1.29 is 29.4 Å². The van der Waals surface area contributed by atoms with Crippen LogP contribution in [0, 0.1) is 5.92 Å². The molecule has 1 rings (SSSR count). The normalized spacial score (nSPS) is 15.6. The van der Waals surface area contributed by atoms with Crippen LogP contribution >= 0.6 is 0 Å². The van der Waals surface area contributed by atoms with Gasteiger partial charge in [-0.15, -0.1) is 0 Å². The number of nitrogens with two attached hydrogens (primary N) is 1. The van der Waals surface area contributed by atoms with Crippen molar-refractivity contribution in [2.24, 2.45) is 11.7 Å². The summed E-state index contributed by atoms with van der Waals surface area (Å²) in [5.41, 5.74) is 6.74. The van der Waals surface area contributed by atoms with Gasteiger partial charge < -0.3 is 31.9 Å². The van der Waals surface area contributed by atoms with Gasteiger partial charge in [-0.3, -0.25) is 19.2 Å². The van der Waals surface area contributed by atoms with E-state index < -0.39 is 54.5 Å². The number of carboxylic acids is 1. The molecule has 31 heavy (non-hydrogen) atoms. The van der Waals surface area contributed by atoms with E-state index in [1.165, 1.54) is 6.92 Å². The summed E-state index contributed by atoms with van der Waals surface area (Å²) in [6.45, 7) is 4.23. The molecule has 0 bridgehead atoms. The summed E-state index contributed by atoms with van der Waals surface area (Å²) in [6.07, 6.45) is 0.815. The summed E-state index contributed by atoms with van der Waals surface area (Å²) in [5, 5.41) is 25.6. The van der Waals surface area contributed by atoms with E-state index in [9.17, 15) is 24.3 Å². The number of aliphatic carboxylic acids is 1. The van der Waals surface area contributed by atoms with Crippen molar-refractivity contribution in [1.29, 1.82) is 0 Å². The Bertz CT molecular complexity index is 757. The zero-order valence-electron chi connectivity index (χ0n) is 18.0. The third-order valence-electron chi connectivity index (χ3n) is 5.02. The fourth-order valence-corrected chi connectivity index (χ4v) is 2.68. The molecule has 3 amide bonds. The van der Waals surface area contributed by atoms with Crippen molar-refractivity contribution in [2.45, 2.75) is 57.8 Å². The Labute approximate surface area is 181 Å². The lowest BCUT2D eigenvalue weighted by atomic mass is 9.98. The van der Waals surface area contributed by atoms with Gasteiger partial charge in [-0.05, 0) is 18.4 Å². The zero-order valence-corrected chi connectivity index (χ0v) is 18.0. The Kier molecular flexibility index (Phi) is 10.6. The Morgan fingerprint density at radius 3 is 2.00 bits per heavy atom. The van der Waals surface area contributed by atoms with E-state index >= 15 is 0 Å². The highest BCUT2D eigenvalue weighted by Gasteiger charge is 2.30. The molecule has 0 aliphatic heterocycles. The molecule has 0 spiro atoms. The number of carbonyl (C=O) groups is 4. The van der Waals surface area contributed by atoms with Crippen LogP contribution in [0.1, 0.15) is 32.8 Å². The third-order valence-corrected chi connectivity index (χ3v) is 5.02. The van der Waals surface area contributed by atoms with E-state index in [4.69, 9.17) is 10.8 Å². The molecular formula is C21H32N4O6. The Morgan fingerprint density at radius 1 is 0.935 bits per heavy atom. The Balaban J connectivity index is 2.96. The Hall–Kier alpha value is -2.98. The van der Waals surface area contributed by atoms with Crippen LogP contribution < -0.4 is 21.7 Å². The molecule has 10 heteroatoms. The van der Waals surface area contributed by atoms with E-state index in [1.807, 2.05) is 19.9 Å². The number of carbonyl (C=O) groups excluding carboxylic acids is 3. The van der Waals surface area contributed by atoms with Gasteiger partial charge in [0.15, 0.2) is 0 Å². The minimum absolute atomic E-state index is 0.103. The number of hydrogen-bond acceptors (Lipinski definition) is 6. The van der Waals surface area contributed by atoms with Gasteiger partial charge in [0.05, 0.1) is 12.6 Å². The maximum absolute atomic E-state index is 12.9. The first-order chi connectivity index (χ1) is 14.6. The van der Waals surface area contributed by atoms with Crippen LogP contribution in [0.15, 0.2) is 30.3 Å². The van der Waals surface area contributed by atoms with Gasteiger partial charge in [-0.1, -0.05) is 50.6 Å². The first-order valence-corrected chi connectivity index (χ1v) is 10.1. The largest absolute Gasteiger partial charge is 0.480 e. The molecule has 0 radical (unpaired) electrons. The Morgan fingerprint density at radius 2 is 1.48 bits per heavy atom. The van der Waals surface area contributed by atoms with Crippen molar-refractivity contribution in [2.75, 3.05) is 6.61 Å². The molecular weight excluding hydrogens is 404 g/mol. The SMILES string of the molecule is CCC(C)C(N)C(=O)NC(Cc1ccccc1)C(=O)NC(CO)C(=O)NC(C)C(=O)O. The second kappa shape index (κ2) is 12.7. The van der Waals surface area contributed by atoms with Crippen molar-refractivity contribution in [3.05, 3.63) is 35.9 Å². The van der Waals surface area contributed by atoms with Gasteiger partial charge in [0.1, 0.15) is 18.1 Å². The number of benzene rings is 1. The smallest absolute Gasteiger partial charge is 0.325 e. The number of hydrogen-bond donors (Lipinski definition) is 6. The molecule has 7 N–H and O–H groups in total. The van der Waals surface area contributed by atoms with Crippen LogP contribution in [-0.2, 0) is 25.6 Å². The molecule has 0 saturated heterocycles. The van der Waals surface area contributed by atoms with Crippen molar-refractivity contribution in [3.63, 3.8) is 0 Å². The average molecular weight is 437 g/mol. The van der Waals surface area contributed by atoms with Crippen molar-refractivity contribution in [1.82, 2.24) is 16.0 Å². The van der Waals surface area contributed by atoms with Crippen LogP contribution in [0.2, 0.25) is 0 Å². The summed E-state index contributed by atoms with van der Waals surface area (Å²) < 4.78 is 0. The van der Waals surface area contributed by atoms with E-state index in [0.717, 1.165) is 5.56 Å². The molecule has 10 nitrogen and oxygen atoms in total. The number of aliphatic hydroxyl groups excluding tert-OH is 1. The standard InChI is InChI=1S/C21H32N4O6/c1-4-12(2)17(22)20(29)24-15(10-14-8-6-5-7-9-14)18(27)25-16(11-26)19(28)23-13(3)21(30)31/h5-9,12-13,15-17,26H,4,10-11,22H2,1-3H3,(H,23,28)(H,24,29)(H,25,27)(H,30,31). The lowest BCUT2D eigenvalue weighted by Crippen LogP contribution is -2.58. The first kappa shape index (κ1) is 26.1. The molecule has 0 aliphatic rings. The predicted molar refractivity (Wildman–Crippen MR) is 114 cm³/mol. The number of aliphatic hydroxyl groups is 1. The minimum Gasteiger partial charge on any atom is -0.480 e. The number of carboxylic acid groups (broad SMARTS) is 1. The third kappa shape index (κ3) is 8.35. The van der Waals surface area contributed by atoms with E-state index in [-0.39, 0.29) is 12.3 Å². The van der Waals surface area contributed by atoms with Gasteiger partial charge in [0.2, 0.25) is 17.7 Å². The maximum atomic E-state index is 12.9. The van der Waals surface area contributed by atoms with Gasteiger partial charge in [-0.25, -0.2) is 0 Å². The highest BCUT2D eigenvalue weighted by atomic mass is 16.4. The average Bonchev–Trinajstić information content (AvgIpc) is 2.75. The summed E-state index contributed by atoms with van der Waals surface area (Å²) in [5.74, 6) is -3.42. The van der Waals surface area contributed by atoms with E-state index in [0.29, 0.717) is 6.42 Å². The molecule has 1 aromatic carbocycles. The van der Waals surface area contributed by atoms with Crippen molar-refractivity contribution in [3.8, 4) is 0 Å². The van der Waals surface area contributed by atoms with Gasteiger partial charge in [-0.2, -0.15) is 0 Å². The topological polar surface area (TPSA) is 171 Å². The lowest BCUT2D eigenvalue weighted by Gasteiger charge is -2.25. The van der Waals surface area contributed by atoms with Gasteiger partial charge >= 0.3 is 5.97 Å². The molecule has 0 aromatic heterocycles. The molecule has 1 aromatic rings. The van der Waals surface area contributed by atoms with Crippen LogP contribution in [0.4, 0.5) is 0 Å². The van der Waals surface area contributed by atoms with Gasteiger partial charge in [0.25, 0.3) is 0 Å². The molecule has 0 aliphatic carbocycles. The molecule has 172 valence electrons. The minimum atomic E-state index is -1.38. The maximum Gasteiger partial charge on any atom is 0.325 e. The monoisotopic (exact) mass is 436 g/mol. The number of nitrogens with one attached hydrogen (secondary N) is 3. The highest BCUT2D eigenvalue weighted by Crippen LogP contribution is 2.08. The lowest BCUT2D eigenvalue weighted by molar-refractivity contribution is -0.142. The number of rotatable bonds is 12. The molecule has 0 heterocycles. The second-order valence-corrected chi connectivity index (χ2v) is 7.47. The summed E-state index contributed by atoms with van der Waals surface area (Å²) in [6, 6.07) is 4.50. The van der Waals surface area contributed by atoms with Crippen LogP contribution in [0.3, 0.4) is 0 Å². The van der Waals surface area contributed by atoms with Crippen LogP contribution in [0.5, 0.6) is 0 Å². The molecule has 5 unspecified atom stereocenters. The zero-order chi connectivity index (χ0) is 23.6. The first-order valence-electron chi connectivity index (χ1n) is 10.1. The second-order valence-electron chi connectivity index (χ2n) is 7.47. The van der Waals surface area contributed by atoms with Crippen LogP contribution in [0.25, 0.3) is 0 Å². The van der Waals surface area contributed by atoms with Gasteiger partial charge in [0, 0.05) is 6.42 Å². The van der Waals surface area contributed by atoms with Crippen molar-refractivity contribution >= 4 is 23.7 Å². The molecule has 0 fully saturated rings. The fraction of sp³-hybridized carbons (Fsp3) is 0.524. The summed E-state index contributed by atoms with van der Waals surface area (Å²) >= 11 is 0. The predicted octanol–water partition coefficient (Wildman–Crippen LogP) is -0.846. The fourth-order valence-electron chi connectivity index (χ4n) is 2.68. The summed E-state index contributed by atoms with van der Waals surface area (Å²) in [4.78, 5) is 48.5. The summed E-state index contributed by atoms with van der Waals surface area (Å²) in [7, 11) is 0. The number of amides is 3. The van der Waals surface area contributed by atoms with E-state index in [2.05, 4.69) is 16.0 Å². The molecule has 5 atom stereocenters. The van der Waals surface area contributed by atoms with Crippen LogP contribution in [-0.4, -0.2) is 64.7 Å². The quantitative estimate of drug-likeness (QED) is 0.248. The molecule has 0 saturated carbocycles.